The summed E-state index contributed by atoms with van der Waals surface area (Å²) in [5.74, 6) is 2.12. The molecule has 0 aliphatic heterocycles. The van der Waals surface area contributed by atoms with Gasteiger partial charge in [0.05, 0.1) is 25.6 Å². The van der Waals surface area contributed by atoms with Crippen LogP contribution in [0.1, 0.15) is 23.9 Å². The minimum atomic E-state index is -0.0850. The molecule has 168 valence electrons. The van der Waals surface area contributed by atoms with Crippen LogP contribution >= 0.6 is 0 Å². The molecule has 0 radical (unpaired) electrons. The lowest BCUT2D eigenvalue weighted by atomic mass is 10.1. The summed E-state index contributed by atoms with van der Waals surface area (Å²) in [4.78, 5) is 24.3. The van der Waals surface area contributed by atoms with E-state index in [0.717, 1.165) is 41.1 Å². The molecule has 4 rings (SSSR count). The van der Waals surface area contributed by atoms with Crippen molar-refractivity contribution >= 4 is 22.6 Å². The minimum absolute atomic E-state index is 0.0850. The molecule has 4 aromatic rings. The van der Waals surface area contributed by atoms with Gasteiger partial charge in [0.2, 0.25) is 5.91 Å². The van der Waals surface area contributed by atoms with Crippen LogP contribution in [-0.4, -0.2) is 29.5 Å². The summed E-state index contributed by atoms with van der Waals surface area (Å²) in [6.07, 6.45) is 0.271. The number of carbonyl (C=O) groups is 1. The molecular weight excluding hydrogens is 412 g/mol. The second-order valence-electron chi connectivity index (χ2n) is 7.79. The Morgan fingerprint density at radius 3 is 2.48 bits per heavy atom. The molecule has 3 aromatic carbocycles. The maximum atomic E-state index is 12.5. The molecule has 0 spiro atoms. The first kappa shape index (κ1) is 22.3. The van der Waals surface area contributed by atoms with Gasteiger partial charge in [-0.3, -0.25) is 4.79 Å². The molecule has 0 atom stereocenters. The average molecular weight is 441 g/mol. The zero-order valence-corrected chi connectivity index (χ0v) is 19.0. The highest BCUT2D eigenvalue weighted by Gasteiger charge is 2.15. The first-order valence-electron chi connectivity index (χ1n) is 11.1. The second kappa shape index (κ2) is 10.6. The number of benzene rings is 3. The zero-order chi connectivity index (χ0) is 23.0. The van der Waals surface area contributed by atoms with E-state index in [1.165, 1.54) is 5.56 Å². The molecule has 0 bridgehead atoms. The first-order chi connectivity index (χ1) is 16.2. The third-order valence-corrected chi connectivity index (χ3v) is 5.47. The lowest BCUT2D eigenvalue weighted by molar-refractivity contribution is -0.120. The number of rotatable bonds is 9. The molecule has 0 aliphatic rings. The van der Waals surface area contributed by atoms with Crippen molar-refractivity contribution in [1.82, 2.24) is 15.3 Å². The molecule has 6 nitrogen and oxygen atoms in total. The highest BCUT2D eigenvalue weighted by molar-refractivity contribution is 5.89. The predicted molar refractivity (Wildman–Crippen MR) is 131 cm³/mol. The molecule has 1 heterocycles. The second-order valence-corrected chi connectivity index (χ2v) is 7.79. The monoisotopic (exact) mass is 440 g/mol. The maximum absolute atomic E-state index is 12.5. The van der Waals surface area contributed by atoms with Crippen LogP contribution in [0, 0.1) is 0 Å². The number of para-hydroxylation sites is 1. The van der Waals surface area contributed by atoms with Crippen molar-refractivity contribution in [2.45, 2.75) is 26.4 Å². The number of hydrogen-bond acceptors (Lipinski definition) is 5. The summed E-state index contributed by atoms with van der Waals surface area (Å²) in [7, 11) is 1.62. The molecule has 1 amide bonds. The fourth-order valence-electron chi connectivity index (χ4n) is 3.78. The number of fused-ring (bicyclic) bond motifs is 1. The molecule has 1 N–H and O–H groups in total. The standard InChI is InChI=1S/C27H28N4O2/c1-3-31(19-20-10-5-4-6-11-20)27-23-14-7-8-15-24(23)29-25(30-27)18-28-26(32)17-21-12-9-13-22(16-21)33-2/h4-16H,3,17-19H2,1-2H3,(H,28,32). The quantitative estimate of drug-likeness (QED) is 0.414. The van der Waals surface area contributed by atoms with E-state index >= 15 is 0 Å². The van der Waals surface area contributed by atoms with E-state index < -0.39 is 0 Å². The molecule has 1 aromatic heterocycles. The Kier molecular flexibility index (Phi) is 7.15. The predicted octanol–water partition coefficient (Wildman–Crippen LogP) is 4.52. The normalized spacial score (nSPS) is 10.7. The number of nitrogens with one attached hydrogen (secondary N) is 1. The van der Waals surface area contributed by atoms with Crippen molar-refractivity contribution in [2.24, 2.45) is 0 Å². The van der Waals surface area contributed by atoms with Crippen molar-refractivity contribution in [3.05, 3.63) is 95.8 Å². The van der Waals surface area contributed by atoms with Gasteiger partial charge in [-0.1, -0.05) is 54.6 Å². The molecule has 0 unspecified atom stereocenters. The Hall–Kier alpha value is -3.93. The number of hydrogen-bond donors (Lipinski definition) is 1. The van der Waals surface area contributed by atoms with Crippen LogP contribution in [0.2, 0.25) is 0 Å². The smallest absolute Gasteiger partial charge is 0.224 e. The number of carbonyl (C=O) groups excluding carboxylic acids is 1. The van der Waals surface area contributed by atoms with Gasteiger partial charge in [0.1, 0.15) is 11.6 Å². The van der Waals surface area contributed by atoms with E-state index in [4.69, 9.17) is 14.7 Å². The fraction of sp³-hybridized carbons (Fsp3) is 0.222. The van der Waals surface area contributed by atoms with Gasteiger partial charge in [0.15, 0.2) is 5.82 Å². The average Bonchev–Trinajstić information content (AvgIpc) is 2.86. The van der Waals surface area contributed by atoms with E-state index in [-0.39, 0.29) is 18.9 Å². The van der Waals surface area contributed by atoms with E-state index in [9.17, 15) is 4.79 Å². The number of methoxy groups -OCH3 is 1. The van der Waals surface area contributed by atoms with Gasteiger partial charge in [-0.15, -0.1) is 0 Å². The Balaban J connectivity index is 1.53. The van der Waals surface area contributed by atoms with Crippen LogP contribution in [0.4, 0.5) is 5.82 Å². The van der Waals surface area contributed by atoms with Gasteiger partial charge in [-0.25, -0.2) is 9.97 Å². The third kappa shape index (κ3) is 5.66. The van der Waals surface area contributed by atoms with Crippen molar-refractivity contribution < 1.29 is 9.53 Å². The SMILES string of the molecule is CCN(Cc1ccccc1)c1nc(CNC(=O)Cc2cccc(OC)c2)nc2ccccc12. The Labute approximate surface area is 194 Å². The molecular formula is C27H28N4O2. The number of aromatic nitrogens is 2. The van der Waals surface area contributed by atoms with Crippen LogP contribution in [0.15, 0.2) is 78.9 Å². The van der Waals surface area contributed by atoms with Gasteiger partial charge in [0, 0.05) is 18.5 Å². The third-order valence-electron chi connectivity index (χ3n) is 5.47. The van der Waals surface area contributed by atoms with Crippen LogP contribution in [0.3, 0.4) is 0 Å². The molecule has 0 fully saturated rings. The molecule has 33 heavy (non-hydrogen) atoms. The fourth-order valence-corrected chi connectivity index (χ4v) is 3.78. The lowest BCUT2D eigenvalue weighted by Crippen LogP contribution is -2.27. The summed E-state index contributed by atoms with van der Waals surface area (Å²) in [6, 6.07) is 25.9. The van der Waals surface area contributed by atoms with Gasteiger partial charge in [-0.05, 0) is 42.3 Å². The summed E-state index contributed by atoms with van der Waals surface area (Å²) in [5.41, 5.74) is 2.98. The van der Waals surface area contributed by atoms with Crippen LogP contribution in [0.25, 0.3) is 10.9 Å². The Bertz CT molecular complexity index is 1230. The van der Waals surface area contributed by atoms with Crippen molar-refractivity contribution in [2.75, 3.05) is 18.6 Å². The van der Waals surface area contributed by atoms with Gasteiger partial charge in [-0.2, -0.15) is 0 Å². The molecule has 6 heteroatoms. The largest absolute Gasteiger partial charge is 0.497 e. The number of ether oxygens (including phenoxy) is 1. The highest BCUT2D eigenvalue weighted by atomic mass is 16.5. The molecule has 0 saturated carbocycles. The molecule has 0 saturated heterocycles. The summed E-state index contributed by atoms with van der Waals surface area (Å²) in [6.45, 7) is 3.94. The zero-order valence-electron chi connectivity index (χ0n) is 19.0. The van der Waals surface area contributed by atoms with Crippen molar-refractivity contribution in [1.29, 1.82) is 0 Å². The van der Waals surface area contributed by atoms with Gasteiger partial charge < -0.3 is 15.0 Å². The molecule has 0 aliphatic carbocycles. The minimum Gasteiger partial charge on any atom is -0.497 e. The number of nitrogens with zero attached hydrogens (tertiary/aromatic N) is 3. The van der Waals surface area contributed by atoms with E-state index in [1.807, 2.05) is 66.7 Å². The first-order valence-corrected chi connectivity index (χ1v) is 11.1. The number of anilines is 1. The van der Waals surface area contributed by atoms with Crippen LogP contribution in [0.5, 0.6) is 5.75 Å². The number of amides is 1. The Morgan fingerprint density at radius 2 is 1.70 bits per heavy atom. The van der Waals surface area contributed by atoms with Crippen LogP contribution < -0.4 is 15.0 Å². The van der Waals surface area contributed by atoms with E-state index in [1.54, 1.807) is 7.11 Å². The van der Waals surface area contributed by atoms with Crippen molar-refractivity contribution in [3.63, 3.8) is 0 Å². The van der Waals surface area contributed by atoms with E-state index in [2.05, 4.69) is 29.3 Å². The van der Waals surface area contributed by atoms with Crippen molar-refractivity contribution in [3.8, 4) is 5.75 Å². The van der Waals surface area contributed by atoms with E-state index in [0.29, 0.717) is 5.82 Å². The maximum Gasteiger partial charge on any atom is 0.224 e. The van der Waals surface area contributed by atoms with Gasteiger partial charge in [0.25, 0.3) is 0 Å². The summed E-state index contributed by atoms with van der Waals surface area (Å²) >= 11 is 0. The highest BCUT2D eigenvalue weighted by Crippen LogP contribution is 2.25. The van der Waals surface area contributed by atoms with Gasteiger partial charge >= 0.3 is 0 Å². The topological polar surface area (TPSA) is 67.4 Å². The summed E-state index contributed by atoms with van der Waals surface area (Å²) < 4.78 is 5.24. The Morgan fingerprint density at radius 1 is 0.939 bits per heavy atom. The lowest BCUT2D eigenvalue weighted by Gasteiger charge is -2.24. The summed E-state index contributed by atoms with van der Waals surface area (Å²) in [5, 5.41) is 3.96. The van der Waals surface area contributed by atoms with Crippen LogP contribution in [-0.2, 0) is 24.3 Å².